The first kappa shape index (κ1) is 15.8. The number of ether oxygens (including phenoxy) is 2. The smallest absolute Gasteiger partial charge is 0.186 e. The Hall–Kier alpha value is -0.580. The molecule has 0 unspecified atom stereocenters. The Balaban J connectivity index is 2.02. The van der Waals surface area contributed by atoms with Gasteiger partial charge in [0, 0.05) is 6.54 Å². The normalized spacial score (nSPS) is 49.3. The molecule has 1 heterocycles. The molecule has 8 nitrogen and oxygen atoms in total. The van der Waals surface area contributed by atoms with Crippen molar-refractivity contribution in [1.29, 1.82) is 0 Å². The topological polar surface area (TPSA) is 151 Å². The molecule has 1 fully saturated rings. The second kappa shape index (κ2) is 6.46. The van der Waals surface area contributed by atoms with E-state index < -0.39 is 49.0 Å². The van der Waals surface area contributed by atoms with Crippen molar-refractivity contribution in [2.45, 2.75) is 55.4 Å². The molecule has 116 valence electrons. The monoisotopic (exact) mass is 290 g/mol. The fraction of sp³-hybridized carbons (Fsp3) is 0.833. The molecule has 2 aliphatic rings. The lowest BCUT2D eigenvalue weighted by Gasteiger charge is -2.42. The molecular weight excluding hydrogens is 268 g/mol. The first-order valence-electron chi connectivity index (χ1n) is 6.61. The van der Waals surface area contributed by atoms with Crippen LogP contribution in [0.15, 0.2) is 12.2 Å². The zero-order chi connectivity index (χ0) is 14.9. The Labute approximate surface area is 116 Å². The Morgan fingerprint density at radius 3 is 2.50 bits per heavy atom. The van der Waals surface area contributed by atoms with Crippen molar-refractivity contribution < 1.29 is 29.9 Å². The third-order valence-electron chi connectivity index (χ3n) is 3.74. The minimum atomic E-state index is -1.34. The van der Waals surface area contributed by atoms with Gasteiger partial charge in [0.05, 0.1) is 18.2 Å². The highest BCUT2D eigenvalue weighted by Crippen LogP contribution is 2.25. The van der Waals surface area contributed by atoms with Gasteiger partial charge < -0.3 is 41.4 Å². The number of rotatable bonds is 3. The van der Waals surface area contributed by atoms with E-state index in [1.165, 1.54) is 6.08 Å². The predicted molar refractivity (Wildman–Crippen MR) is 68.3 cm³/mol. The molecule has 2 rings (SSSR count). The Morgan fingerprint density at radius 2 is 1.85 bits per heavy atom. The summed E-state index contributed by atoms with van der Waals surface area (Å²) >= 11 is 0. The Morgan fingerprint density at radius 1 is 1.15 bits per heavy atom. The van der Waals surface area contributed by atoms with Crippen molar-refractivity contribution in [2.75, 3.05) is 6.54 Å². The summed E-state index contributed by atoms with van der Waals surface area (Å²) in [7, 11) is 0. The second-order valence-electron chi connectivity index (χ2n) is 5.16. The van der Waals surface area contributed by atoms with Gasteiger partial charge >= 0.3 is 0 Å². The molecular formula is C12H22N2O6. The quantitative estimate of drug-likeness (QED) is 0.297. The SMILES string of the molecule is NC[C@H]1O[C@H](O[C@H]2CC=C[C@@H](O)[C@H]2O)[C@H](O)[C@@H](O)[C@@H]1N. The molecule has 0 bridgehead atoms. The van der Waals surface area contributed by atoms with E-state index in [-0.39, 0.29) is 6.54 Å². The van der Waals surface area contributed by atoms with Crippen LogP contribution in [0, 0.1) is 0 Å². The molecule has 8 atom stereocenters. The molecule has 1 aliphatic carbocycles. The van der Waals surface area contributed by atoms with Gasteiger partial charge in [0.25, 0.3) is 0 Å². The lowest BCUT2D eigenvalue weighted by molar-refractivity contribution is -0.294. The lowest BCUT2D eigenvalue weighted by Crippen LogP contribution is -2.64. The van der Waals surface area contributed by atoms with Crippen LogP contribution in [0.5, 0.6) is 0 Å². The summed E-state index contributed by atoms with van der Waals surface area (Å²) in [6.45, 7) is 0.0700. The fourth-order valence-corrected chi connectivity index (χ4v) is 2.41. The average molecular weight is 290 g/mol. The van der Waals surface area contributed by atoms with E-state index in [1.807, 2.05) is 0 Å². The molecule has 0 amide bonds. The van der Waals surface area contributed by atoms with Gasteiger partial charge in [-0.3, -0.25) is 0 Å². The van der Waals surface area contributed by atoms with Gasteiger partial charge in [0.2, 0.25) is 0 Å². The van der Waals surface area contributed by atoms with Crippen molar-refractivity contribution in [3.63, 3.8) is 0 Å². The first-order chi connectivity index (χ1) is 9.45. The Kier molecular flexibility index (Phi) is 5.10. The van der Waals surface area contributed by atoms with Gasteiger partial charge in [-0.05, 0) is 6.42 Å². The van der Waals surface area contributed by atoms with Crippen molar-refractivity contribution in [2.24, 2.45) is 11.5 Å². The molecule has 8 N–H and O–H groups in total. The van der Waals surface area contributed by atoms with E-state index in [0.717, 1.165) is 0 Å². The molecule has 0 aromatic heterocycles. The van der Waals surface area contributed by atoms with E-state index >= 15 is 0 Å². The molecule has 1 saturated heterocycles. The van der Waals surface area contributed by atoms with E-state index in [1.54, 1.807) is 6.08 Å². The summed E-state index contributed by atoms with van der Waals surface area (Å²) in [5, 5.41) is 39.1. The highest BCUT2D eigenvalue weighted by Gasteiger charge is 2.44. The molecule has 0 radical (unpaired) electrons. The van der Waals surface area contributed by atoms with Crippen LogP contribution in [-0.2, 0) is 9.47 Å². The number of nitrogens with two attached hydrogens (primary N) is 2. The summed E-state index contributed by atoms with van der Waals surface area (Å²) in [4.78, 5) is 0. The summed E-state index contributed by atoms with van der Waals surface area (Å²) < 4.78 is 10.9. The molecule has 0 aromatic rings. The summed E-state index contributed by atoms with van der Waals surface area (Å²) in [6.07, 6.45) is -3.79. The predicted octanol–water partition coefficient (Wildman–Crippen LogP) is -3.21. The van der Waals surface area contributed by atoms with Gasteiger partial charge in [0.15, 0.2) is 6.29 Å². The second-order valence-corrected chi connectivity index (χ2v) is 5.16. The highest BCUT2D eigenvalue weighted by molar-refractivity contribution is 5.03. The van der Waals surface area contributed by atoms with Gasteiger partial charge in [0.1, 0.15) is 24.4 Å². The van der Waals surface area contributed by atoms with Crippen LogP contribution < -0.4 is 11.5 Å². The number of hydrogen-bond donors (Lipinski definition) is 6. The zero-order valence-corrected chi connectivity index (χ0v) is 10.9. The molecule has 0 saturated carbocycles. The van der Waals surface area contributed by atoms with Crippen molar-refractivity contribution in [3.8, 4) is 0 Å². The van der Waals surface area contributed by atoms with Gasteiger partial charge in [-0.25, -0.2) is 0 Å². The molecule has 20 heavy (non-hydrogen) atoms. The average Bonchev–Trinajstić information content (AvgIpc) is 2.44. The molecule has 8 heteroatoms. The minimum absolute atomic E-state index is 0.0700. The van der Waals surface area contributed by atoms with Crippen molar-refractivity contribution >= 4 is 0 Å². The minimum Gasteiger partial charge on any atom is -0.388 e. The third kappa shape index (κ3) is 3.02. The van der Waals surface area contributed by atoms with Crippen LogP contribution in [0.25, 0.3) is 0 Å². The van der Waals surface area contributed by atoms with Crippen LogP contribution >= 0.6 is 0 Å². The lowest BCUT2D eigenvalue weighted by atomic mass is 9.96. The van der Waals surface area contributed by atoms with E-state index in [2.05, 4.69) is 0 Å². The maximum absolute atomic E-state index is 9.92. The van der Waals surface area contributed by atoms with Crippen LogP contribution in [-0.4, -0.2) is 75.9 Å². The zero-order valence-electron chi connectivity index (χ0n) is 10.9. The molecule has 0 aromatic carbocycles. The number of aliphatic hydroxyl groups is 4. The van der Waals surface area contributed by atoms with Crippen LogP contribution in [0.1, 0.15) is 6.42 Å². The van der Waals surface area contributed by atoms with Crippen LogP contribution in [0.2, 0.25) is 0 Å². The summed E-state index contributed by atoms with van der Waals surface area (Å²) in [6, 6.07) is -0.809. The highest BCUT2D eigenvalue weighted by atomic mass is 16.7. The van der Waals surface area contributed by atoms with E-state index in [4.69, 9.17) is 20.9 Å². The first-order valence-corrected chi connectivity index (χ1v) is 6.61. The van der Waals surface area contributed by atoms with Crippen LogP contribution in [0.3, 0.4) is 0 Å². The molecule has 0 spiro atoms. The van der Waals surface area contributed by atoms with Crippen LogP contribution in [0.4, 0.5) is 0 Å². The third-order valence-corrected chi connectivity index (χ3v) is 3.74. The van der Waals surface area contributed by atoms with Gasteiger partial charge in [-0.1, -0.05) is 12.2 Å². The maximum Gasteiger partial charge on any atom is 0.186 e. The maximum atomic E-state index is 9.92. The summed E-state index contributed by atoms with van der Waals surface area (Å²) in [5.74, 6) is 0. The molecule has 1 aliphatic heterocycles. The Bertz CT molecular complexity index is 353. The van der Waals surface area contributed by atoms with E-state index in [0.29, 0.717) is 6.42 Å². The van der Waals surface area contributed by atoms with Crippen molar-refractivity contribution in [3.05, 3.63) is 12.2 Å². The fourth-order valence-electron chi connectivity index (χ4n) is 2.41. The summed E-state index contributed by atoms with van der Waals surface area (Å²) in [5.41, 5.74) is 11.2. The van der Waals surface area contributed by atoms with E-state index in [9.17, 15) is 20.4 Å². The standard InChI is InChI=1S/C12H22N2O6/c13-4-7-8(14)10(17)11(18)12(20-7)19-6-3-1-2-5(15)9(6)16/h1-2,5-12,15-18H,3-4,13-14H2/t5-,6+,7-,8-,9-,10+,11-,12+/m1/s1. The number of aliphatic hydroxyl groups excluding tert-OH is 4. The van der Waals surface area contributed by atoms with Gasteiger partial charge in [-0.2, -0.15) is 0 Å². The number of hydrogen-bond acceptors (Lipinski definition) is 8. The largest absolute Gasteiger partial charge is 0.388 e. The van der Waals surface area contributed by atoms with Gasteiger partial charge in [-0.15, -0.1) is 0 Å². The van der Waals surface area contributed by atoms with Crippen molar-refractivity contribution in [1.82, 2.24) is 0 Å².